The molecule has 0 aliphatic carbocycles. The van der Waals surface area contributed by atoms with Crippen molar-refractivity contribution in [3.8, 4) is 22.6 Å². The first-order chi connectivity index (χ1) is 17.2. The van der Waals surface area contributed by atoms with Crippen LogP contribution in [0, 0.1) is 0 Å². The quantitative estimate of drug-likeness (QED) is 0.144. The van der Waals surface area contributed by atoms with E-state index in [4.69, 9.17) is 14.8 Å². The zero-order valence-corrected chi connectivity index (χ0v) is 21.8. The van der Waals surface area contributed by atoms with Crippen LogP contribution in [-0.4, -0.2) is 33.5 Å². The van der Waals surface area contributed by atoms with Gasteiger partial charge in [-0.3, -0.25) is 0 Å². The molecule has 5 aromatic rings. The smallest absolute Gasteiger partial charge is 0.191 e. The number of hydrogen-bond acceptors (Lipinski definition) is 5. The molecule has 0 atom stereocenters. The number of rotatable bonds is 9. The number of pyridine rings is 1. The second-order valence-electron chi connectivity index (χ2n) is 8.12. The Hall–Kier alpha value is -3.00. The third-order valence-corrected chi connectivity index (χ3v) is 7.58. The first-order valence-electron chi connectivity index (χ1n) is 11.5. The Morgan fingerprint density at radius 1 is 0.914 bits per heavy atom. The zero-order chi connectivity index (χ0) is 24.0. The van der Waals surface area contributed by atoms with Gasteiger partial charge >= 0.3 is 0 Å². The maximum atomic E-state index is 5.34. The van der Waals surface area contributed by atoms with Gasteiger partial charge in [0.25, 0.3) is 0 Å². The van der Waals surface area contributed by atoms with Crippen LogP contribution >= 0.6 is 27.7 Å². The molecule has 0 bridgehead atoms. The Bertz CT molecular complexity index is 1440. The fourth-order valence-electron chi connectivity index (χ4n) is 4.04. The summed E-state index contributed by atoms with van der Waals surface area (Å²) in [5.74, 6) is 1.66. The molecule has 5 rings (SSSR count). The van der Waals surface area contributed by atoms with Crippen LogP contribution in [0.3, 0.4) is 0 Å². The van der Waals surface area contributed by atoms with E-state index in [2.05, 4.69) is 74.1 Å². The van der Waals surface area contributed by atoms with Gasteiger partial charge in [0.1, 0.15) is 0 Å². The maximum Gasteiger partial charge on any atom is 0.191 e. The van der Waals surface area contributed by atoms with Crippen LogP contribution in [0.5, 0.6) is 0 Å². The molecule has 0 unspecified atom stereocenters. The third kappa shape index (κ3) is 5.32. The molecule has 2 heterocycles. The molecule has 0 N–H and O–H groups in total. The molecule has 0 saturated carbocycles. The number of para-hydroxylation sites is 1. The van der Waals surface area contributed by atoms with Crippen molar-refractivity contribution < 1.29 is 4.74 Å². The number of fused-ring (bicyclic) bond motifs is 1. The third-order valence-electron chi connectivity index (χ3n) is 5.79. The molecule has 0 saturated heterocycles. The number of nitrogens with zero attached hydrogens (tertiary/aromatic N) is 4. The van der Waals surface area contributed by atoms with Gasteiger partial charge in [0.15, 0.2) is 11.0 Å². The summed E-state index contributed by atoms with van der Waals surface area (Å²) in [7, 11) is 1.73. The van der Waals surface area contributed by atoms with Crippen molar-refractivity contribution >= 4 is 38.6 Å². The van der Waals surface area contributed by atoms with Crippen LogP contribution in [0.25, 0.3) is 33.5 Å². The van der Waals surface area contributed by atoms with E-state index in [1.807, 2.05) is 36.4 Å². The Morgan fingerprint density at radius 3 is 2.51 bits per heavy atom. The second-order valence-corrected chi connectivity index (χ2v) is 9.92. The molecule has 0 amide bonds. The summed E-state index contributed by atoms with van der Waals surface area (Å²) in [5, 5.41) is 11.3. The van der Waals surface area contributed by atoms with Crippen molar-refractivity contribution in [2.24, 2.45) is 0 Å². The second kappa shape index (κ2) is 11.2. The predicted octanol–water partition coefficient (Wildman–Crippen LogP) is 7.25. The number of benzene rings is 3. The fourth-order valence-corrected chi connectivity index (χ4v) is 5.62. The number of halogens is 1. The van der Waals surface area contributed by atoms with E-state index in [9.17, 15) is 0 Å². The van der Waals surface area contributed by atoms with Crippen LogP contribution < -0.4 is 0 Å². The molecule has 176 valence electrons. The van der Waals surface area contributed by atoms with Crippen LogP contribution in [0.1, 0.15) is 12.0 Å². The summed E-state index contributed by atoms with van der Waals surface area (Å²) in [6.45, 7) is 1.45. The Labute approximate surface area is 217 Å². The Morgan fingerprint density at radius 2 is 1.69 bits per heavy atom. The molecule has 2 aromatic heterocycles. The lowest BCUT2D eigenvalue weighted by Crippen LogP contribution is -2.06. The zero-order valence-electron chi connectivity index (χ0n) is 19.4. The Balaban J connectivity index is 1.59. The maximum absolute atomic E-state index is 5.34. The molecule has 7 heteroatoms. The van der Waals surface area contributed by atoms with Gasteiger partial charge in [-0.05, 0) is 30.2 Å². The van der Waals surface area contributed by atoms with E-state index in [1.165, 1.54) is 5.56 Å². The summed E-state index contributed by atoms with van der Waals surface area (Å²) >= 11 is 5.36. The molecular formula is C28H25BrN4OS. The lowest BCUT2D eigenvalue weighted by molar-refractivity contribution is 0.189. The fraction of sp³-hybridized carbons (Fsp3) is 0.179. The summed E-state index contributed by atoms with van der Waals surface area (Å²) in [6, 6.07) is 28.9. The van der Waals surface area contributed by atoms with E-state index in [0.717, 1.165) is 61.9 Å². The highest BCUT2D eigenvalue weighted by Gasteiger charge is 2.18. The average Bonchev–Trinajstić information content (AvgIpc) is 3.30. The van der Waals surface area contributed by atoms with E-state index < -0.39 is 0 Å². The number of hydrogen-bond donors (Lipinski definition) is 0. The van der Waals surface area contributed by atoms with Crippen molar-refractivity contribution in [3.05, 3.63) is 95.0 Å². The topological polar surface area (TPSA) is 52.8 Å². The number of ether oxygens (including phenoxy) is 1. The van der Waals surface area contributed by atoms with Crippen LogP contribution in [0.15, 0.2) is 94.6 Å². The van der Waals surface area contributed by atoms with Crippen molar-refractivity contribution in [1.82, 2.24) is 19.7 Å². The molecule has 3 aromatic carbocycles. The monoisotopic (exact) mass is 544 g/mol. The normalized spacial score (nSPS) is 11.3. The van der Waals surface area contributed by atoms with Crippen LogP contribution in [0.2, 0.25) is 0 Å². The standard InChI is InChI=1S/C28H25BrN4OS/c1-34-17-9-16-33-27(31-32-28(33)35-19-21-12-5-7-14-24(21)29)23-18-26(20-10-3-2-4-11-20)30-25-15-8-6-13-22(23)25/h2-8,10-15,18H,9,16-17,19H2,1H3. The lowest BCUT2D eigenvalue weighted by atomic mass is 10.0. The first kappa shape index (κ1) is 23.7. The van der Waals surface area contributed by atoms with E-state index in [0.29, 0.717) is 6.61 Å². The van der Waals surface area contributed by atoms with Gasteiger partial charge in [-0.25, -0.2) is 4.98 Å². The number of thioether (sulfide) groups is 1. The van der Waals surface area contributed by atoms with Crippen molar-refractivity contribution in [1.29, 1.82) is 0 Å². The molecule has 0 aliphatic rings. The average molecular weight is 546 g/mol. The first-order valence-corrected chi connectivity index (χ1v) is 13.3. The van der Waals surface area contributed by atoms with E-state index >= 15 is 0 Å². The number of aromatic nitrogens is 4. The van der Waals surface area contributed by atoms with Gasteiger partial charge in [0, 0.05) is 47.0 Å². The van der Waals surface area contributed by atoms with Crippen molar-refractivity contribution in [2.45, 2.75) is 23.9 Å². The highest BCUT2D eigenvalue weighted by atomic mass is 79.9. The molecule has 0 fully saturated rings. The minimum absolute atomic E-state index is 0.679. The SMILES string of the molecule is COCCCn1c(SCc2ccccc2Br)nnc1-c1cc(-c2ccccc2)nc2ccccc12. The predicted molar refractivity (Wildman–Crippen MR) is 146 cm³/mol. The molecule has 0 aliphatic heterocycles. The van der Waals surface area contributed by atoms with Gasteiger partial charge in [-0.1, -0.05) is 94.4 Å². The van der Waals surface area contributed by atoms with E-state index in [1.54, 1.807) is 18.9 Å². The van der Waals surface area contributed by atoms with E-state index in [-0.39, 0.29) is 0 Å². The molecule has 0 spiro atoms. The van der Waals surface area contributed by atoms with Gasteiger partial charge in [-0.2, -0.15) is 0 Å². The number of methoxy groups -OCH3 is 1. The summed E-state index contributed by atoms with van der Waals surface area (Å²) in [6.07, 6.45) is 0.874. The van der Waals surface area contributed by atoms with Gasteiger partial charge in [0.05, 0.1) is 11.2 Å². The van der Waals surface area contributed by atoms with Crippen LogP contribution in [-0.2, 0) is 17.0 Å². The van der Waals surface area contributed by atoms with Gasteiger partial charge < -0.3 is 9.30 Å². The molecule has 5 nitrogen and oxygen atoms in total. The minimum Gasteiger partial charge on any atom is -0.385 e. The highest BCUT2D eigenvalue weighted by molar-refractivity contribution is 9.10. The lowest BCUT2D eigenvalue weighted by Gasteiger charge is -2.13. The minimum atomic E-state index is 0.679. The van der Waals surface area contributed by atoms with Crippen molar-refractivity contribution in [2.75, 3.05) is 13.7 Å². The highest BCUT2D eigenvalue weighted by Crippen LogP contribution is 2.34. The molecule has 35 heavy (non-hydrogen) atoms. The van der Waals surface area contributed by atoms with Gasteiger partial charge in [0.2, 0.25) is 0 Å². The van der Waals surface area contributed by atoms with Crippen molar-refractivity contribution in [3.63, 3.8) is 0 Å². The van der Waals surface area contributed by atoms with Crippen LogP contribution in [0.4, 0.5) is 0 Å². The summed E-state index contributed by atoms with van der Waals surface area (Å²) in [5.41, 5.74) is 5.21. The van der Waals surface area contributed by atoms with Gasteiger partial charge in [-0.15, -0.1) is 10.2 Å². The Kier molecular flexibility index (Phi) is 7.57. The molecular weight excluding hydrogens is 520 g/mol. The molecule has 0 radical (unpaired) electrons. The summed E-state index contributed by atoms with van der Waals surface area (Å²) in [4.78, 5) is 4.94. The summed E-state index contributed by atoms with van der Waals surface area (Å²) < 4.78 is 8.66. The largest absolute Gasteiger partial charge is 0.385 e.